The first-order valence-corrected chi connectivity index (χ1v) is 16.7. The van der Waals surface area contributed by atoms with Gasteiger partial charge in [0, 0.05) is 30.6 Å². The molecule has 4 heterocycles. The van der Waals surface area contributed by atoms with Crippen molar-refractivity contribution in [3.8, 4) is 17.1 Å². The van der Waals surface area contributed by atoms with Gasteiger partial charge in [0.2, 0.25) is 11.8 Å². The lowest BCUT2D eigenvalue weighted by atomic mass is 9.81. The molecule has 0 fully saturated rings. The standard InChI is InChI=1S/C35H39N5O4S/c1-20(2)13-29-32-27-12-11-25(35(5,6)7)14-24(27)19-40(29)33(41)23-15-26(18-36-17-23)45(42,43)39-34-37-28(16-30(38-34)44-32)31-21(3)9-8-10-22(31)4/h8-12,14-18,20,29,32H,13,19H2,1-7H3,(H,37,38,39)/t29-,32+/m1/s1. The maximum atomic E-state index is 14.3. The van der Waals surface area contributed by atoms with E-state index < -0.39 is 16.1 Å². The van der Waals surface area contributed by atoms with E-state index in [0.717, 1.165) is 33.4 Å². The first-order chi connectivity index (χ1) is 21.2. The highest BCUT2D eigenvalue weighted by molar-refractivity contribution is 7.92. The van der Waals surface area contributed by atoms with E-state index in [0.29, 0.717) is 18.7 Å². The molecule has 234 valence electrons. The molecule has 0 saturated carbocycles. The van der Waals surface area contributed by atoms with Crippen molar-refractivity contribution in [3.63, 3.8) is 0 Å². The van der Waals surface area contributed by atoms with Crippen LogP contribution in [0.4, 0.5) is 5.95 Å². The van der Waals surface area contributed by atoms with E-state index >= 15 is 0 Å². The fourth-order valence-corrected chi connectivity index (χ4v) is 7.22. The van der Waals surface area contributed by atoms with Gasteiger partial charge in [-0.3, -0.25) is 9.78 Å². The van der Waals surface area contributed by atoms with Crippen molar-refractivity contribution in [2.24, 2.45) is 5.92 Å². The fourth-order valence-electron chi connectivity index (χ4n) is 6.29. The Hall–Kier alpha value is -4.31. The summed E-state index contributed by atoms with van der Waals surface area (Å²) in [5.74, 6) is 0.0137. The van der Waals surface area contributed by atoms with Crippen molar-refractivity contribution >= 4 is 21.9 Å². The Labute approximate surface area is 265 Å². The van der Waals surface area contributed by atoms with Gasteiger partial charge in [-0.2, -0.15) is 4.98 Å². The Kier molecular flexibility index (Phi) is 7.67. The third-order valence-electron chi connectivity index (χ3n) is 8.56. The van der Waals surface area contributed by atoms with Crippen LogP contribution < -0.4 is 9.46 Å². The molecule has 45 heavy (non-hydrogen) atoms. The number of rotatable bonds is 3. The van der Waals surface area contributed by atoms with E-state index in [1.165, 1.54) is 18.5 Å². The first kappa shape index (κ1) is 30.7. The summed E-state index contributed by atoms with van der Waals surface area (Å²) in [4.78, 5) is 29.4. The number of fused-ring (bicyclic) bond motifs is 8. The summed E-state index contributed by atoms with van der Waals surface area (Å²) in [5, 5.41) is 0. The van der Waals surface area contributed by atoms with Crippen LogP contribution in [0.5, 0.6) is 5.88 Å². The molecule has 2 aromatic heterocycles. The average Bonchev–Trinajstić information content (AvgIpc) is 2.96. The molecule has 10 heteroatoms. The summed E-state index contributed by atoms with van der Waals surface area (Å²) in [6, 6.07) is 15.1. The molecule has 4 aromatic rings. The molecule has 2 aliphatic heterocycles. The van der Waals surface area contributed by atoms with E-state index in [1.807, 2.05) is 36.9 Å². The molecule has 0 saturated heterocycles. The summed E-state index contributed by atoms with van der Waals surface area (Å²) in [5.41, 5.74) is 6.55. The maximum absolute atomic E-state index is 14.3. The number of carbonyl (C=O) groups is 1. The second-order valence-electron chi connectivity index (χ2n) is 13.5. The van der Waals surface area contributed by atoms with Gasteiger partial charge in [-0.15, -0.1) is 0 Å². The molecule has 9 nitrogen and oxygen atoms in total. The third kappa shape index (κ3) is 5.91. The number of anilines is 1. The highest BCUT2D eigenvalue weighted by atomic mass is 32.2. The summed E-state index contributed by atoms with van der Waals surface area (Å²) in [6.45, 7) is 15.0. The molecule has 2 aliphatic rings. The minimum Gasteiger partial charge on any atom is -0.467 e. The zero-order chi connectivity index (χ0) is 32.3. The van der Waals surface area contributed by atoms with Crippen molar-refractivity contribution in [2.75, 3.05) is 4.72 Å². The minimum atomic E-state index is -4.20. The van der Waals surface area contributed by atoms with Crippen LogP contribution in [0, 0.1) is 19.8 Å². The molecule has 6 rings (SSSR count). The Morgan fingerprint density at radius 1 is 1.02 bits per heavy atom. The number of hydrogen-bond donors (Lipinski definition) is 1. The molecule has 2 aromatic carbocycles. The second-order valence-corrected chi connectivity index (χ2v) is 15.2. The monoisotopic (exact) mass is 625 g/mol. The fraction of sp³-hybridized carbons (Fsp3) is 0.371. The Balaban J connectivity index is 1.63. The van der Waals surface area contributed by atoms with Crippen LogP contribution in [0.25, 0.3) is 11.3 Å². The van der Waals surface area contributed by atoms with Crippen molar-refractivity contribution < 1.29 is 17.9 Å². The zero-order valence-corrected chi connectivity index (χ0v) is 27.6. The quantitative estimate of drug-likeness (QED) is 0.268. The molecule has 1 amide bonds. The molecule has 0 unspecified atom stereocenters. The van der Waals surface area contributed by atoms with Gasteiger partial charge in [-0.05, 0) is 65.5 Å². The molecule has 0 aliphatic carbocycles. The lowest BCUT2D eigenvalue weighted by Gasteiger charge is -2.43. The SMILES string of the molecule is Cc1cccc(C)c1-c1cc2nc(n1)NS(=O)(=O)c1cncc(c1)C(=O)N1Cc3cc(C(C)(C)C)ccc3[C@H](O2)[C@H]1CC(C)C. The van der Waals surface area contributed by atoms with Crippen molar-refractivity contribution in [2.45, 2.75) is 83.9 Å². The molecule has 0 radical (unpaired) electrons. The number of nitrogens with zero attached hydrogens (tertiary/aromatic N) is 4. The van der Waals surface area contributed by atoms with E-state index in [2.05, 4.69) is 72.5 Å². The van der Waals surface area contributed by atoms with Crippen LogP contribution in [-0.4, -0.2) is 40.2 Å². The number of pyridine rings is 1. The number of carbonyl (C=O) groups excluding carboxylic acids is 1. The number of aromatic nitrogens is 3. The lowest BCUT2D eigenvalue weighted by Crippen LogP contribution is -2.49. The molecule has 6 bridgehead atoms. The highest BCUT2D eigenvalue weighted by Gasteiger charge is 2.41. The third-order valence-corrected chi connectivity index (χ3v) is 9.86. The minimum absolute atomic E-state index is 0.103. The topological polar surface area (TPSA) is 114 Å². The van der Waals surface area contributed by atoms with E-state index in [9.17, 15) is 13.2 Å². The van der Waals surface area contributed by atoms with Crippen LogP contribution in [0.1, 0.15) is 85.3 Å². The van der Waals surface area contributed by atoms with Gasteiger partial charge in [-0.25, -0.2) is 18.1 Å². The van der Waals surface area contributed by atoms with Crippen molar-refractivity contribution in [1.82, 2.24) is 19.9 Å². The number of nitrogens with one attached hydrogen (secondary N) is 1. The van der Waals surface area contributed by atoms with Crippen molar-refractivity contribution in [3.05, 3.63) is 94.3 Å². The van der Waals surface area contributed by atoms with Gasteiger partial charge in [0.1, 0.15) is 11.0 Å². The Bertz CT molecular complexity index is 1900. The van der Waals surface area contributed by atoms with Gasteiger partial charge in [0.25, 0.3) is 15.9 Å². The number of aryl methyl sites for hydroxylation is 2. The van der Waals surface area contributed by atoms with Crippen LogP contribution in [0.15, 0.2) is 65.8 Å². The molecule has 0 spiro atoms. The predicted octanol–water partition coefficient (Wildman–Crippen LogP) is 6.76. The summed E-state index contributed by atoms with van der Waals surface area (Å²) in [6.07, 6.45) is 2.72. The molecular weight excluding hydrogens is 586 g/mol. The summed E-state index contributed by atoms with van der Waals surface area (Å²) >= 11 is 0. The normalized spacial score (nSPS) is 19.0. The Morgan fingerprint density at radius 3 is 2.44 bits per heavy atom. The van der Waals surface area contributed by atoms with Crippen LogP contribution >= 0.6 is 0 Å². The van der Waals surface area contributed by atoms with E-state index in [4.69, 9.17) is 4.74 Å². The Morgan fingerprint density at radius 2 is 1.76 bits per heavy atom. The second kappa shape index (κ2) is 11.2. The number of amides is 1. The molecule has 1 N–H and O–H groups in total. The predicted molar refractivity (Wildman–Crippen MR) is 174 cm³/mol. The van der Waals surface area contributed by atoms with Gasteiger partial charge in [0.15, 0.2) is 0 Å². The van der Waals surface area contributed by atoms with Crippen LogP contribution in [-0.2, 0) is 22.0 Å². The summed E-state index contributed by atoms with van der Waals surface area (Å²) < 4.78 is 36.6. The van der Waals surface area contributed by atoms with E-state index in [1.54, 1.807) is 6.07 Å². The van der Waals surface area contributed by atoms with Gasteiger partial charge in [0.05, 0.1) is 17.3 Å². The lowest BCUT2D eigenvalue weighted by molar-refractivity contribution is 0.0240. The van der Waals surface area contributed by atoms with Gasteiger partial charge < -0.3 is 9.64 Å². The number of ether oxygens (including phenoxy) is 1. The molecular formula is C35H39N5O4S. The highest BCUT2D eigenvalue weighted by Crippen LogP contribution is 2.41. The van der Waals surface area contributed by atoms with Crippen LogP contribution in [0.2, 0.25) is 0 Å². The van der Waals surface area contributed by atoms with Gasteiger partial charge >= 0.3 is 0 Å². The first-order valence-electron chi connectivity index (χ1n) is 15.3. The van der Waals surface area contributed by atoms with Crippen LogP contribution in [0.3, 0.4) is 0 Å². The summed E-state index contributed by atoms with van der Waals surface area (Å²) in [7, 11) is -4.20. The number of hydrogen-bond acceptors (Lipinski definition) is 7. The van der Waals surface area contributed by atoms with Gasteiger partial charge in [-0.1, -0.05) is 71.0 Å². The maximum Gasteiger partial charge on any atom is 0.265 e. The number of benzene rings is 2. The molecule has 2 atom stereocenters. The zero-order valence-electron chi connectivity index (χ0n) is 26.7. The smallest absolute Gasteiger partial charge is 0.265 e. The largest absolute Gasteiger partial charge is 0.467 e. The van der Waals surface area contributed by atoms with E-state index in [-0.39, 0.29) is 45.6 Å². The average molecular weight is 626 g/mol. The number of sulfonamides is 1. The van der Waals surface area contributed by atoms with Crippen molar-refractivity contribution in [1.29, 1.82) is 0 Å².